The Morgan fingerprint density at radius 2 is 1.96 bits per heavy atom. The van der Waals surface area contributed by atoms with Crippen molar-refractivity contribution in [3.05, 3.63) is 35.1 Å². The average molecular weight is 366 g/mol. The van der Waals surface area contributed by atoms with E-state index in [2.05, 4.69) is 4.90 Å². The molecule has 0 N–H and O–H groups in total. The lowest BCUT2D eigenvalue weighted by molar-refractivity contribution is -0.140. The number of carbonyl (C=O) groups is 2. The van der Waals surface area contributed by atoms with Gasteiger partial charge in [-0.1, -0.05) is 12.1 Å². The van der Waals surface area contributed by atoms with Gasteiger partial charge in [-0.05, 0) is 57.1 Å². The van der Waals surface area contributed by atoms with Crippen molar-refractivity contribution in [2.24, 2.45) is 11.8 Å². The molecular formula is C22H26N2O3. The molecule has 1 saturated carbocycles. The lowest BCUT2D eigenvalue weighted by atomic mass is 9.94. The van der Waals surface area contributed by atoms with Gasteiger partial charge in [0.15, 0.2) is 5.76 Å². The first-order chi connectivity index (χ1) is 13.0. The molecule has 0 radical (unpaired) electrons. The monoisotopic (exact) mass is 366 g/mol. The van der Waals surface area contributed by atoms with Crippen LogP contribution in [0.3, 0.4) is 0 Å². The summed E-state index contributed by atoms with van der Waals surface area (Å²) in [6.45, 7) is 6.00. The van der Waals surface area contributed by atoms with E-state index >= 15 is 0 Å². The molecule has 2 bridgehead atoms. The summed E-state index contributed by atoms with van der Waals surface area (Å²) >= 11 is 0. The normalized spacial score (nSPS) is 25.3. The van der Waals surface area contributed by atoms with E-state index in [1.807, 2.05) is 36.9 Å². The standard InChI is InChI=1S/C22H26N2O3/c1-13-3-8-18-14(2)20(27-19(18)9-13)22(26)23-11-16-6-7-17(12-23)24(21(16)25)10-15-4-5-15/h3,8-9,15-17H,4-7,10-12H2,1-2H3. The number of furan rings is 1. The van der Waals surface area contributed by atoms with E-state index in [-0.39, 0.29) is 23.8 Å². The minimum atomic E-state index is -0.0701. The van der Waals surface area contributed by atoms with Crippen LogP contribution in [0.5, 0.6) is 0 Å². The molecule has 1 aromatic heterocycles. The molecule has 0 spiro atoms. The van der Waals surface area contributed by atoms with Gasteiger partial charge in [-0.2, -0.15) is 0 Å². The summed E-state index contributed by atoms with van der Waals surface area (Å²) in [6.07, 6.45) is 4.38. The van der Waals surface area contributed by atoms with Gasteiger partial charge in [0.25, 0.3) is 5.91 Å². The van der Waals surface area contributed by atoms with Crippen LogP contribution < -0.4 is 0 Å². The Kier molecular flexibility index (Phi) is 3.81. The van der Waals surface area contributed by atoms with Crippen LogP contribution in [0.15, 0.2) is 22.6 Å². The second kappa shape index (κ2) is 6.11. The van der Waals surface area contributed by atoms with Crippen LogP contribution in [0.25, 0.3) is 11.0 Å². The van der Waals surface area contributed by atoms with E-state index in [1.54, 1.807) is 0 Å². The van der Waals surface area contributed by atoms with Crippen LogP contribution in [0, 0.1) is 25.7 Å². The second-order valence-electron chi connectivity index (χ2n) is 8.63. The predicted molar refractivity (Wildman–Crippen MR) is 103 cm³/mol. The third-order valence-electron chi connectivity index (χ3n) is 6.52. The fourth-order valence-electron chi connectivity index (χ4n) is 4.71. The Morgan fingerprint density at radius 3 is 2.74 bits per heavy atom. The fraction of sp³-hybridized carbons (Fsp3) is 0.545. The number of hydrogen-bond acceptors (Lipinski definition) is 3. The second-order valence-corrected chi connectivity index (χ2v) is 8.63. The highest BCUT2D eigenvalue weighted by Crippen LogP contribution is 2.36. The molecule has 2 amide bonds. The first kappa shape index (κ1) is 16.8. The van der Waals surface area contributed by atoms with Gasteiger partial charge >= 0.3 is 0 Å². The largest absolute Gasteiger partial charge is 0.451 e. The maximum absolute atomic E-state index is 13.3. The lowest BCUT2D eigenvalue weighted by Gasteiger charge is -2.36. The molecule has 5 heteroatoms. The van der Waals surface area contributed by atoms with Crippen LogP contribution >= 0.6 is 0 Å². The van der Waals surface area contributed by atoms with Gasteiger partial charge in [-0.3, -0.25) is 9.59 Å². The third kappa shape index (κ3) is 2.84. The van der Waals surface area contributed by atoms with Gasteiger partial charge in [0.2, 0.25) is 5.91 Å². The van der Waals surface area contributed by atoms with Gasteiger partial charge in [-0.15, -0.1) is 0 Å². The van der Waals surface area contributed by atoms with Crippen LogP contribution in [0.1, 0.15) is 47.4 Å². The van der Waals surface area contributed by atoms with Crippen LogP contribution in [0.2, 0.25) is 0 Å². The summed E-state index contributed by atoms with van der Waals surface area (Å²) < 4.78 is 5.96. The van der Waals surface area contributed by atoms with E-state index in [0.29, 0.717) is 24.8 Å². The van der Waals surface area contributed by atoms with Gasteiger partial charge < -0.3 is 14.2 Å². The molecule has 2 unspecified atom stereocenters. The maximum Gasteiger partial charge on any atom is 0.289 e. The molecule has 3 saturated heterocycles. The molecule has 4 heterocycles. The molecule has 1 aliphatic carbocycles. The fourth-order valence-corrected chi connectivity index (χ4v) is 4.71. The number of carbonyl (C=O) groups excluding carboxylic acids is 2. The zero-order valence-electron chi connectivity index (χ0n) is 16.0. The molecule has 3 aliphatic heterocycles. The first-order valence-electron chi connectivity index (χ1n) is 10.1. The summed E-state index contributed by atoms with van der Waals surface area (Å²) in [5.41, 5.74) is 2.78. The molecule has 142 valence electrons. The minimum Gasteiger partial charge on any atom is -0.451 e. The SMILES string of the molecule is Cc1ccc2c(C)c(C(=O)N3CC4CCC(C3)N(CC3CC3)C4=O)oc2c1. The number of rotatable bonds is 3. The summed E-state index contributed by atoms with van der Waals surface area (Å²) in [6, 6.07) is 6.20. The Morgan fingerprint density at radius 1 is 1.15 bits per heavy atom. The molecule has 2 aromatic rings. The number of aryl methyl sites for hydroxylation is 2. The molecule has 4 aliphatic rings. The Bertz CT molecular complexity index is 927. The highest BCUT2D eigenvalue weighted by molar-refractivity contribution is 5.99. The van der Waals surface area contributed by atoms with E-state index in [1.165, 1.54) is 12.8 Å². The highest BCUT2D eigenvalue weighted by atomic mass is 16.3. The molecule has 4 fully saturated rings. The Balaban J connectivity index is 1.44. The van der Waals surface area contributed by atoms with Gasteiger partial charge in [0, 0.05) is 36.6 Å². The zero-order valence-corrected chi connectivity index (χ0v) is 16.0. The summed E-state index contributed by atoms with van der Waals surface area (Å²) in [5.74, 6) is 1.24. The van der Waals surface area contributed by atoms with Gasteiger partial charge in [0.05, 0.1) is 5.92 Å². The highest BCUT2D eigenvalue weighted by Gasteiger charge is 2.44. The number of piperidine rings is 1. The number of fused-ring (bicyclic) bond motifs is 5. The summed E-state index contributed by atoms with van der Waals surface area (Å²) in [5, 5.41) is 0.994. The van der Waals surface area contributed by atoms with Crippen molar-refractivity contribution in [2.75, 3.05) is 19.6 Å². The first-order valence-corrected chi connectivity index (χ1v) is 10.1. The van der Waals surface area contributed by atoms with Crippen molar-refractivity contribution >= 4 is 22.8 Å². The number of nitrogens with zero attached hydrogens (tertiary/aromatic N) is 2. The minimum absolute atomic E-state index is 0.0571. The number of benzene rings is 1. The molecule has 5 nitrogen and oxygen atoms in total. The third-order valence-corrected chi connectivity index (χ3v) is 6.52. The molecule has 27 heavy (non-hydrogen) atoms. The van der Waals surface area contributed by atoms with Crippen molar-refractivity contribution in [1.82, 2.24) is 9.80 Å². The molecule has 6 rings (SSSR count). The van der Waals surface area contributed by atoms with Gasteiger partial charge in [-0.25, -0.2) is 0 Å². The van der Waals surface area contributed by atoms with E-state index in [9.17, 15) is 9.59 Å². The van der Waals surface area contributed by atoms with Crippen LogP contribution in [0.4, 0.5) is 0 Å². The van der Waals surface area contributed by atoms with Crippen molar-refractivity contribution in [1.29, 1.82) is 0 Å². The van der Waals surface area contributed by atoms with Crippen molar-refractivity contribution < 1.29 is 14.0 Å². The molecule has 2 atom stereocenters. The van der Waals surface area contributed by atoms with E-state index < -0.39 is 0 Å². The summed E-state index contributed by atoms with van der Waals surface area (Å²) in [7, 11) is 0. The Labute approximate surface area is 159 Å². The van der Waals surface area contributed by atoms with Crippen LogP contribution in [-0.4, -0.2) is 47.3 Å². The zero-order chi connectivity index (χ0) is 18.7. The van der Waals surface area contributed by atoms with Gasteiger partial charge in [0.1, 0.15) is 5.58 Å². The quantitative estimate of drug-likeness (QED) is 0.835. The topological polar surface area (TPSA) is 53.8 Å². The average Bonchev–Trinajstić information content (AvgIpc) is 3.45. The number of hydrogen-bond donors (Lipinski definition) is 0. The maximum atomic E-state index is 13.3. The Hall–Kier alpha value is -2.30. The molecular weight excluding hydrogens is 340 g/mol. The smallest absolute Gasteiger partial charge is 0.289 e. The number of amides is 2. The lowest BCUT2D eigenvalue weighted by Crippen LogP contribution is -2.48. The summed E-state index contributed by atoms with van der Waals surface area (Å²) in [4.78, 5) is 30.1. The molecule has 1 aromatic carbocycles. The van der Waals surface area contributed by atoms with Crippen molar-refractivity contribution in [3.63, 3.8) is 0 Å². The van der Waals surface area contributed by atoms with Crippen LogP contribution in [-0.2, 0) is 4.79 Å². The van der Waals surface area contributed by atoms with E-state index in [0.717, 1.165) is 41.5 Å². The van der Waals surface area contributed by atoms with Crippen molar-refractivity contribution in [3.8, 4) is 0 Å². The predicted octanol–water partition coefficient (Wildman–Crippen LogP) is 3.52. The van der Waals surface area contributed by atoms with Crippen molar-refractivity contribution in [2.45, 2.75) is 45.6 Å². The van der Waals surface area contributed by atoms with E-state index in [4.69, 9.17) is 4.42 Å².